The van der Waals surface area contributed by atoms with Gasteiger partial charge in [-0.1, -0.05) is 44.0 Å². The molecule has 154 valence electrons. The second kappa shape index (κ2) is 8.06. The van der Waals surface area contributed by atoms with Crippen molar-refractivity contribution in [2.75, 3.05) is 0 Å². The maximum atomic E-state index is 13.3. The standard InChI is InChI=1S/C18H16Cl2F6N2/c1-8(2)15-14(20)12(18(24,25)26)6-11(28-15)4-9(3)16-13(19)5-10(7-27-16)17(21,22)23/h5-9H,4H2,1-3H3. The number of alkyl halides is 6. The van der Waals surface area contributed by atoms with Crippen LogP contribution in [0.5, 0.6) is 0 Å². The van der Waals surface area contributed by atoms with Gasteiger partial charge in [0.25, 0.3) is 0 Å². The van der Waals surface area contributed by atoms with Gasteiger partial charge in [-0.2, -0.15) is 26.3 Å². The fourth-order valence-electron chi connectivity index (χ4n) is 2.67. The molecule has 0 fully saturated rings. The predicted molar refractivity (Wildman–Crippen MR) is 94.7 cm³/mol. The molecule has 1 unspecified atom stereocenters. The highest BCUT2D eigenvalue weighted by Crippen LogP contribution is 2.39. The summed E-state index contributed by atoms with van der Waals surface area (Å²) >= 11 is 11.8. The highest BCUT2D eigenvalue weighted by atomic mass is 35.5. The molecule has 10 heteroatoms. The molecule has 0 aliphatic rings. The summed E-state index contributed by atoms with van der Waals surface area (Å²) in [4.78, 5) is 7.97. The Labute approximate surface area is 167 Å². The minimum atomic E-state index is -4.66. The van der Waals surface area contributed by atoms with Crippen molar-refractivity contribution < 1.29 is 26.3 Å². The van der Waals surface area contributed by atoms with E-state index in [1.807, 2.05) is 0 Å². The summed E-state index contributed by atoms with van der Waals surface area (Å²) in [5, 5.41) is -0.666. The molecule has 0 saturated carbocycles. The summed E-state index contributed by atoms with van der Waals surface area (Å²) in [5.41, 5.74) is -1.65. The number of halogens is 8. The van der Waals surface area contributed by atoms with Gasteiger partial charge in [0.15, 0.2) is 0 Å². The minimum Gasteiger partial charge on any atom is -0.259 e. The van der Waals surface area contributed by atoms with Crippen LogP contribution in [0.2, 0.25) is 10.0 Å². The van der Waals surface area contributed by atoms with Crippen LogP contribution >= 0.6 is 23.2 Å². The molecule has 2 heterocycles. The van der Waals surface area contributed by atoms with E-state index in [0.29, 0.717) is 6.20 Å². The van der Waals surface area contributed by atoms with Crippen LogP contribution in [-0.4, -0.2) is 9.97 Å². The molecule has 2 aromatic rings. The highest BCUT2D eigenvalue weighted by molar-refractivity contribution is 6.32. The first-order valence-corrected chi connectivity index (χ1v) is 8.96. The van der Waals surface area contributed by atoms with Gasteiger partial charge in [-0.3, -0.25) is 9.97 Å². The van der Waals surface area contributed by atoms with E-state index >= 15 is 0 Å². The minimum absolute atomic E-state index is 0.00193. The smallest absolute Gasteiger partial charge is 0.259 e. The Morgan fingerprint density at radius 1 is 0.929 bits per heavy atom. The molecule has 0 spiro atoms. The molecule has 0 N–H and O–H groups in total. The van der Waals surface area contributed by atoms with E-state index in [9.17, 15) is 26.3 Å². The fourth-order valence-corrected chi connectivity index (χ4v) is 3.45. The van der Waals surface area contributed by atoms with Crippen molar-refractivity contribution >= 4 is 23.2 Å². The van der Waals surface area contributed by atoms with Gasteiger partial charge in [0.1, 0.15) is 0 Å². The molecule has 2 nitrogen and oxygen atoms in total. The molecule has 0 bridgehead atoms. The lowest BCUT2D eigenvalue weighted by atomic mass is 9.97. The average Bonchev–Trinajstić information content (AvgIpc) is 2.53. The van der Waals surface area contributed by atoms with E-state index in [1.165, 1.54) is 0 Å². The Balaban J connectivity index is 2.41. The fraction of sp³-hybridized carbons (Fsp3) is 0.444. The van der Waals surface area contributed by atoms with Crippen molar-refractivity contribution in [1.82, 2.24) is 9.97 Å². The molecule has 0 aliphatic carbocycles. The normalized spacial score (nSPS) is 13.9. The summed E-state index contributed by atoms with van der Waals surface area (Å²) in [6.45, 7) is 4.92. The van der Waals surface area contributed by atoms with Crippen molar-refractivity contribution in [2.24, 2.45) is 0 Å². The van der Waals surface area contributed by atoms with Gasteiger partial charge in [0.05, 0.1) is 32.6 Å². The van der Waals surface area contributed by atoms with Crippen molar-refractivity contribution in [3.05, 3.63) is 56.6 Å². The van der Waals surface area contributed by atoms with Crippen molar-refractivity contribution in [2.45, 2.75) is 51.4 Å². The van der Waals surface area contributed by atoms with Crippen LogP contribution in [0.25, 0.3) is 0 Å². The Morgan fingerprint density at radius 3 is 2.00 bits per heavy atom. The van der Waals surface area contributed by atoms with Crippen LogP contribution in [0, 0.1) is 0 Å². The maximum absolute atomic E-state index is 13.3. The lowest BCUT2D eigenvalue weighted by Crippen LogP contribution is -2.13. The topological polar surface area (TPSA) is 25.8 Å². The second-order valence-electron chi connectivity index (χ2n) is 6.71. The Kier molecular flexibility index (Phi) is 6.55. The van der Waals surface area contributed by atoms with Crippen molar-refractivity contribution in [1.29, 1.82) is 0 Å². The zero-order valence-electron chi connectivity index (χ0n) is 15.0. The quantitative estimate of drug-likeness (QED) is 0.462. The molecular formula is C18H16Cl2F6N2. The van der Waals surface area contributed by atoms with E-state index in [4.69, 9.17) is 23.2 Å². The van der Waals surface area contributed by atoms with Gasteiger partial charge in [-0.05, 0) is 24.5 Å². The van der Waals surface area contributed by atoms with Gasteiger partial charge in [-0.15, -0.1) is 0 Å². The van der Waals surface area contributed by atoms with E-state index in [1.54, 1.807) is 20.8 Å². The molecule has 28 heavy (non-hydrogen) atoms. The maximum Gasteiger partial charge on any atom is 0.417 e. The first kappa shape index (κ1) is 22.7. The van der Waals surface area contributed by atoms with Crippen LogP contribution in [0.15, 0.2) is 18.3 Å². The Hall–Kier alpha value is -1.54. The van der Waals surface area contributed by atoms with Crippen LogP contribution in [0.3, 0.4) is 0 Å². The third kappa shape index (κ3) is 5.08. The van der Waals surface area contributed by atoms with Gasteiger partial charge in [-0.25, -0.2) is 0 Å². The number of rotatable bonds is 4. The van der Waals surface area contributed by atoms with E-state index < -0.39 is 34.4 Å². The van der Waals surface area contributed by atoms with E-state index in [-0.39, 0.29) is 34.4 Å². The number of hydrogen-bond donors (Lipinski definition) is 0. The molecular weight excluding hydrogens is 429 g/mol. The third-order valence-electron chi connectivity index (χ3n) is 4.07. The van der Waals surface area contributed by atoms with Crippen molar-refractivity contribution in [3.63, 3.8) is 0 Å². The zero-order chi connectivity index (χ0) is 21.4. The van der Waals surface area contributed by atoms with Crippen LogP contribution in [-0.2, 0) is 18.8 Å². The Bertz CT molecular complexity index is 862. The van der Waals surface area contributed by atoms with Gasteiger partial charge in [0, 0.05) is 17.8 Å². The number of nitrogens with zero attached hydrogens (tertiary/aromatic N) is 2. The Morgan fingerprint density at radius 2 is 1.54 bits per heavy atom. The van der Waals surface area contributed by atoms with Crippen molar-refractivity contribution in [3.8, 4) is 0 Å². The summed E-state index contributed by atoms with van der Waals surface area (Å²) in [6.07, 6.45) is -8.61. The second-order valence-corrected chi connectivity index (χ2v) is 7.49. The number of pyridine rings is 2. The molecule has 1 atom stereocenters. The molecule has 2 aromatic heterocycles. The summed E-state index contributed by atoms with van der Waals surface area (Å²) in [5.74, 6) is -0.916. The van der Waals surface area contributed by atoms with Crippen LogP contribution in [0.1, 0.15) is 60.8 Å². The first-order valence-electron chi connectivity index (χ1n) is 8.21. The SMILES string of the molecule is CC(C)c1nc(CC(C)c2ncc(C(F)(F)F)cc2Cl)cc(C(F)(F)F)c1Cl. The monoisotopic (exact) mass is 444 g/mol. The lowest BCUT2D eigenvalue weighted by molar-refractivity contribution is -0.138. The summed E-state index contributed by atoms with van der Waals surface area (Å²) in [6, 6.07) is 1.60. The van der Waals surface area contributed by atoms with E-state index in [2.05, 4.69) is 9.97 Å². The molecule has 2 rings (SSSR count). The predicted octanol–water partition coefficient (Wildman–Crippen LogP) is 7.29. The first-order chi connectivity index (χ1) is 12.7. The molecule has 0 amide bonds. The average molecular weight is 445 g/mol. The zero-order valence-corrected chi connectivity index (χ0v) is 16.5. The van der Waals surface area contributed by atoms with Gasteiger partial charge in [0.2, 0.25) is 0 Å². The van der Waals surface area contributed by atoms with Gasteiger partial charge < -0.3 is 0 Å². The largest absolute Gasteiger partial charge is 0.417 e. The summed E-state index contributed by atoms with van der Waals surface area (Å²) in [7, 11) is 0. The number of aromatic nitrogens is 2. The number of hydrogen-bond acceptors (Lipinski definition) is 2. The molecule has 0 saturated heterocycles. The summed E-state index contributed by atoms with van der Waals surface area (Å²) < 4.78 is 78.1. The highest BCUT2D eigenvalue weighted by Gasteiger charge is 2.36. The molecule has 0 aliphatic heterocycles. The van der Waals surface area contributed by atoms with Crippen LogP contribution in [0.4, 0.5) is 26.3 Å². The van der Waals surface area contributed by atoms with E-state index in [0.717, 1.165) is 12.1 Å². The third-order valence-corrected chi connectivity index (χ3v) is 4.77. The molecule has 0 aromatic carbocycles. The van der Waals surface area contributed by atoms with Gasteiger partial charge >= 0.3 is 12.4 Å². The lowest BCUT2D eigenvalue weighted by Gasteiger charge is -2.18. The van der Waals surface area contributed by atoms with Crippen LogP contribution < -0.4 is 0 Å². The molecule has 0 radical (unpaired) electrons.